The zero-order valence-electron chi connectivity index (χ0n) is 24.8. The third-order valence-corrected chi connectivity index (χ3v) is 8.35. The quantitative estimate of drug-likeness (QED) is 0.130. The Bertz CT molecular complexity index is 1900. The number of hydrogen-bond acceptors (Lipinski definition) is 7. The summed E-state index contributed by atoms with van der Waals surface area (Å²) in [6.07, 6.45) is 0.433. The predicted molar refractivity (Wildman–Crippen MR) is 170 cm³/mol. The number of halogens is 2. The molecular formula is C33H30F2N4O5S. The summed E-state index contributed by atoms with van der Waals surface area (Å²) >= 11 is 1.21. The van der Waals surface area contributed by atoms with Gasteiger partial charge in [-0.15, -0.1) is 11.3 Å². The molecule has 0 aliphatic carbocycles. The minimum Gasteiger partial charge on any atom is -0.405 e. The highest BCUT2D eigenvalue weighted by Crippen LogP contribution is 2.40. The highest BCUT2D eigenvalue weighted by Gasteiger charge is 2.25. The van der Waals surface area contributed by atoms with Gasteiger partial charge in [0.15, 0.2) is 5.75 Å². The molecule has 0 atom stereocenters. The van der Waals surface area contributed by atoms with Crippen molar-refractivity contribution in [2.75, 3.05) is 7.05 Å². The highest BCUT2D eigenvalue weighted by atomic mass is 32.1. The summed E-state index contributed by atoms with van der Waals surface area (Å²) < 4.78 is 36.6. The maximum Gasteiger partial charge on any atom is 0.412 e. The Kier molecular flexibility index (Phi) is 9.35. The molecule has 1 N–H and O–H groups in total. The summed E-state index contributed by atoms with van der Waals surface area (Å²) in [4.78, 5) is 40.6. The van der Waals surface area contributed by atoms with E-state index in [4.69, 9.17) is 4.74 Å². The Morgan fingerprint density at radius 3 is 2.29 bits per heavy atom. The Morgan fingerprint density at radius 1 is 1.00 bits per heavy atom. The van der Waals surface area contributed by atoms with Crippen LogP contribution in [-0.4, -0.2) is 33.6 Å². The molecule has 1 amide bonds. The molecule has 0 aliphatic heterocycles. The van der Waals surface area contributed by atoms with Gasteiger partial charge in [0.05, 0.1) is 23.1 Å². The number of amides is 1. The van der Waals surface area contributed by atoms with Crippen LogP contribution in [0.5, 0.6) is 5.75 Å². The smallest absolute Gasteiger partial charge is 0.405 e. The predicted octanol–water partition coefficient (Wildman–Crippen LogP) is 7.09. The molecule has 0 unspecified atom stereocenters. The third kappa shape index (κ3) is 7.08. The maximum atomic E-state index is 14.8. The summed E-state index contributed by atoms with van der Waals surface area (Å²) in [5.74, 6) is -1.84. The zero-order valence-corrected chi connectivity index (χ0v) is 25.6. The van der Waals surface area contributed by atoms with Crippen molar-refractivity contribution < 1.29 is 23.2 Å². The lowest BCUT2D eigenvalue weighted by atomic mass is 10.0. The average molecular weight is 633 g/mol. The standard InChI is InChI=1S/C33H30F2N4O5S/c1-20(2)36-33(41)44-28-19-38(18-24-26(34)10-7-11-27(24)35)32-29(30(28)40)25(17-37(3)16-21-8-5-4-6-9-21)31(45-32)22-12-14-23(15-13-22)39(42)43/h4-15,19-20H,16-18H2,1-3H3,(H,36,41). The number of fused-ring (bicyclic) bond motifs is 1. The molecule has 0 bridgehead atoms. The van der Waals surface area contributed by atoms with Crippen LogP contribution >= 0.6 is 11.3 Å². The topological polar surface area (TPSA) is 107 Å². The average Bonchev–Trinajstić information content (AvgIpc) is 3.36. The highest BCUT2D eigenvalue weighted by molar-refractivity contribution is 7.22. The molecule has 9 nitrogen and oxygen atoms in total. The van der Waals surface area contributed by atoms with Crippen LogP contribution in [-0.2, 0) is 19.6 Å². The second-order valence-electron chi connectivity index (χ2n) is 10.9. The van der Waals surface area contributed by atoms with Crippen molar-refractivity contribution in [2.24, 2.45) is 0 Å². The Labute approximate surface area is 261 Å². The fourth-order valence-electron chi connectivity index (χ4n) is 5.02. The lowest BCUT2D eigenvalue weighted by Crippen LogP contribution is -2.34. The number of non-ortho nitro benzene ring substituents is 1. The number of carbonyl (C=O) groups is 1. The molecule has 3 aromatic carbocycles. The van der Waals surface area contributed by atoms with Crippen LogP contribution in [0.1, 0.15) is 30.5 Å². The fraction of sp³-hybridized carbons (Fsp3) is 0.212. The van der Waals surface area contributed by atoms with Crippen molar-refractivity contribution in [1.29, 1.82) is 0 Å². The van der Waals surface area contributed by atoms with Crippen molar-refractivity contribution in [2.45, 2.75) is 39.5 Å². The van der Waals surface area contributed by atoms with E-state index in [0.717, 1.165) is 17.7 Å². The van der Waals surface area contributed by atoms with Gasteiger partial charge in [-0.3, -0.25) is 19.8 Å². The van der Waals surface area contributed by atoms with E-state index in [1.807, 2.05) is 42.3 Å². The molecule has 0 spiro atoms. The van der Waals surface area contributed by atoms with Crippen LogP contribution in [0.25, 0.3) is 20.7 Å². The molecule has 0 fully saturated rings. The normalized spacial score (nSPS) is 11.4. The van der Waals surface area contributed by atoms with Gasteiger partial charge in [-0.1, -0.05) is 36.4 Å². The van der Waals surface area contributed by atoms with E-state index in [1.54, 1.807) is 26.0 Å². The van der Waals surface area contributed by atoms with Crippen LogP contribution in [0.4, 0.5) is 19.3 Å². The first-order valence-corrected chi connectivity index (χ1v) is 14.9. The monoisotopic (exact) mass is 632 g/mol. The lowest BCUT2D eigenvalue weighted by Gasteiger charge is -2.18. The van der Waals surface area contributed by atoms with Gasteiger partial charge >= 0.3 is 6.09 Å². The molecule has 45 heavy (non-hydrogen) atoms. The van der Waals surface area contributed by atoms with Gasteiger partial charge in [0, 0.05) is 41.7 Å². The molecule has 0 radical (unpaired) electrons. The van der Waals surface area contributed by atoms with E-state index < -0.39 is 28.1 Å². The summed E-state index contributed by atoms with van der Waals surface area (Å²) in [5, 5.41) is 14.1. The van der Waals surface area contributed by atoms with Gasteiger partial charge in [0.2, 0.25) is 5.43 Å². The number of nitrogens with zero attached hydrogens (tertiary/aromatic N) is 3. The third-order valence-electron chi connectivity index (χ3n) is 7.04. The Hall–Kier alpha value is -4.94. The largest absolute Gasteiger partial charge is 0.412 e. The van der Waals surface area contributed by atoms with Gasteiger partial charge in [-0.25, -0.2) is 13.6 Å². The van der Waals surface area contributed by atoms with Gasteiger partial charge in [-0.05, 0) is 61.9 Å². The van der Waals surface area contributed by atoms with Crippen LogP contribution in [0, 0.1) is 21.7 Å². The van der Waals surface area contributed by atoms with Gasteiger partial charge in [0.1, 0.15) is 16.5 Å². The second-order valence-corrected chi connectivity index (χ2v) is 11.9. The number of pyridine rings is 1. The molecule has 2 aromatic heterocycles. The Morgan fingerprint density at radius 2 is 1.67 bits per heavy atom. The van der Waals surface area contributed by atoms with Gasteiger partial charge < -0.3 is 14.6 Å². The van der Waals surface area contributed by atoms with Crippen molar-refractivity contribution in [3.63, 3.8) is 0 Å². The number of carbonyl (C=O) groups excluding carboxylic acids is 1. The molecular weight excluding hydrogens is 602 g/mol. The summed E-state index contributed by atoms with van der Waals surface area (Å²) in [6, 6.07) is 19.0. The molecule has 232 valence electrons. The number of rotatable bonds is 10. The second kappa shape index (κ2) is 13.4. The summed E-state index contributed by atoms with van der Waals surface area (Å²) in [6.45, 7) is 3.99. The van der Waals surface area contributed by atoms with Crippen molar-refractivity contribution in [3.05, 3.63) is 128 Å². The van der Waals surface area contributed by atoms with E-state index in [0.29, 0.717) is 27.4 Å². The Balaban J connectivity index is 1.73. The van der Waals surface area contributed by atoms with Crippen molar-refractivity contribution in [3.8, 4) is 16.2 Å². The molecule has 0 saturated heterocycles. The number of nitro benzene ring substituents is 1. The summed E-state index contributed by atoms with van der Waals surface area (Å²) in [7, 11) is 1.89. The number of thiophene rings is 1. The first kappa shape index (κ1) is 31.5. The molecule has 0 aliphatic rings. The maximum absolute atomic E-state index is 14.8. The lowest BCUT2D eigenvalue weighted by molar-refractivity contribution is -0.384. The van der Waals surface area contributed by atoms with Gasteiger partial charge in [0.25, 0.3) is 5.69 Å². The van der Waals surface area contributed by atoms with Gasteiger partial charge in [-0.2, -0.15) is 0 Å². The summed E-state index contributed by atoms with van der Waals surface area (Å²) in [5.41, 5.74) is 1.36. The number of aromatic nitrogens is 1. The van der Waals surface area contributed by atoms with Crippen LogP contribution < -0.4 is 15.5 Å². The van der Waals surface area contributed by atoms with E-state index in [1.165, 1.54) is 40.3 Å². The molecule has 0 saturated carbocycles. The number of nitrogens with one attached hydrogen (secondary N) is 1. The number of nitro groups is 1. The van der Waals surface area contributed by atoms with E-state index in [2.05, 4.69) is 5.32 Å². The van der Waals surface area contributed by atoms with Crippen LogP contribution in [0.3, 0.4) is 0 Å². The molecule has 2 heterocycles. The minimum atomic E-state index is -0.848. The first-order valence-electron chi connectivity index (χ1n) is 14.1. The SMILES string of the molecule is CC(C)NC(=O)Oc1cn(Cc2c(F)cccc2F)c2sc(-c3ccc([N+](=O)[O-])cc3)c(CN(C)Cc3ccccc3)c2c1=O. The van der Waals surface area contributed by atoms with E-state index in [-0.39, 0.29) is 41.5 Å². The van der Waals surface area contributed by atoms with E-state index >= 15 is 0 Å². The molecule has 12 heteroatoms. The molecule has 5 aromatic rings. The molecule has 5 rings (SSSR count). The van der Waals surface area contributed by atoms with Crippen LogP contribution in [0.2, 0.25) is 0 Å². The number of benzene rings is 3. The number of hydrogen-bond donors (Lipinski definition) is 1. The van der Waals surface area contributed by atoms with Crippen molar-refractivity contribution in [1.82, 2.24) is 14.8 Å². The zero-order chi connectivity index (χ0) is 32.2. The van der Waals surface area contributed by atoms with Crippen LogP contribution in [0.15, 0.2) is 83.8 Å². The first-order chi connectivity index (χ1) is 21.5. The number of ether oxygens (including phenoxy) is 1. The van der Waals surface area contributed by atoms with Crippen molar-refractivity contribution >= 4 is 33.3 Å². The fourth-order valence-corrected chi connectivity index (χ4v) is 6.31. The van der Waals surface area contributed by atoms with E-state index in [9.17, 15) is 28.5 Å². The minimum absolute atomic E-state index is 0.0935.